The van der Waals surface area contributed by atoms with Crippen LogP contribution in [0.5, 0.6) is 0 Å². The zero-order chi connectivity index (χ0) is 34.5. The summed E-state index contributed by atoms with van der Waals surface area (Å²) in [5.74, 6) is -1.41. The van der Waals surface area contributed by atoms with Gasteiger partial charge in [0.25, 0.3) is 0 Å². The Hall–Kier alpha value is -4.24. The Morgan fingerprint density at radius 3 is 1.77 bits per heavy atom. The lowest BCUT2D eigenvalue weighted by Crippen LogP contribution is -2.12. The Morgan fingerprint density at radius 2 is 1.48 bits per heavy atom. The molecule has 0 radical (unpaired) electrons. The zero-order valence-electron chi connectivity index (χ0n) is 27.4. The number of hydrogen-bond acceptors (Lipinski definition) is 8. The number of epoxide rings is 1. The average molecular weight is 617 g/mol. The number of esters is 3. The fourth-order valence-corrected chi connectivity index (χ4v) is 2.38. The highest BCUT2D eigenvalue weighted by Gasteiger charge is 2.24. The largest absolute Gasteiger partial charge is 0.478 e. The van der Waals surface area contributed by atoms with Crippen molar-refractivity contribution in [3.63, 3.8) is 0 Å². The fourth-order valence-electron chi connectivity index (χ4n) is 2.38. The minimum atomic E-state index is -0.935. The minimum absolute atomic E-state index is 0.142. The van der Waals surface area contributed by atoms with Crippen LogP contribution in [0, 0.1) is 5.92 Å². The monoisotopic (exact) mass is 616 g/mol. The van der Waals surface area contributed by atoms with Gasteiger partial charge in [-0.1, -0.05) is 102 Å². The van der Waals surface area contributed by atoms with E-state index in [1.165, 1.54) is 38.5 Å². The molecule has 2 unspecified atom stereocenters. The van der Waals surface area contributed by atoms with Gasteiger partial charge in [-0.05, 0) is 38.7 Å². The summed E-state index contributed by atoms with van der Waals surface area (Å²) in [5.41, 5.74) is 2.21. The summed E-state index contributed by atoms with van der Waals surface area (Å²) in [6, 6.07) is 10.0. The third-order valence-electron chi connectivity index (χ3n) is 5.26. The van der Waals surface area contributed by atoms with Gasteiger partial charge in [0.15, 0.2) is 0 Å². The normalized spacial score (nSPS) is 12.4. The number of unbranched alkanes of at least 4 members (excludes halogenated alkanes) is 1. The number of aliphatic carboxylic acids is 1. The van der Waals surface area contributed by atoms with Gasteiger partial charge in [0.2, 0.25) is 0 Å². The van der Waals surface area contributed by atoms with Crippen molar-refractivity contribution in [1.29, 1.82) is 0 Å². The van der Waals surface area contributed by atoms with Crippen molar-refractivity contribution < 1.29 is 43.2 Å². The summed E-state index contributed by atoms with van der Waals surface area (Å²) in [4.78, 5) is 41.3. The molecule has 0 amide bonds. The van der Waals surface area contributed by atoms with Gasteiger partial charge in [0, 0.05) is 22.8 Å². The number of methoxy groups -OCH3 is 1. The van der Waals surface area contributed by atoms with Crippen LogP contribution in [0.1, 0.15) is 65.9 Å². The second-order valence-electron chi connectivity index (χ2n) is 9.56. The Morgan fingerprint density at radius 1 is 0.955 bits per heavy atom. The topological polar surface area (TPSA) is 129 Å². The van der Waals surface area contributed by atoms with E-state index in [-0.39, 0.29) is 29.6 Å². The lowest BCUT2D eigenvalue weighted by molar-refractivity contribution is -0.140. The number of carboxylic acid groups (broad SMARTS) is 1. The van der Waals surface area contributed by atoms with Crippen LogP contribution in [0.3, 0.4) is 0 Å². The van der Waals surface area contributed by atoms with E-state index < -0.39 is 5.97 Å². The van der Waals surface area contributed by atoms with Crippen LogP contribution in [0.4, 0.5) is 0 Å². The molecule has 2 atom stereocenters. The summed E-state index contributed by atoms with van der Waals surface area (Å²) in [6.45, 7) is 27.5. The van der Waals surface area contributed by atoms with Gasteiger partial charge in [0.05, 0.1) is 20.3 Å². The molecular formula is C35H52O9. The lowest BCUT2D eigenvalue weighted by Gasteiger charge is -2.13. The van der Waals surface area contributed by atoms with E-state index in [1.54, 1.807) is 13.8 Å². The summed E-state index contributed by atoms with van der Waals surface area (Å²) >= 11 is 0. The van der Waals surface area contributed by atoms with E-state index in [1.807, 2.05) is 36.4 Å². The van der Waals surface area contributed by atoms with Crippen LogP contribution < -0.4 is 0 Å². The molecule has 0 aliphatic carbocycles. The predicted octanol–water partition coefficient (Wildman–Crippen LogP) is 7.15. The van der Waals surface area contributed by atoms with Crippen LogP contribution in [0.2, 0.25) is 0 Å². The maximum Gasteiger partial charge on any atom is 0.333 e. The zero-order valence-corrected chi connectivity index (χ0v) is 27.4. The SMILES string of the molecule is C=C(C)C(=O)O.C=C(C)C(=O)OC.C=C(C)C(=O)OCC1CO1.C=CC(=O)OCC(CC)CCCC.C=Cc1ccccc1. The molecular weight excluding hydrogens is 564 g/mol. The van der Waals surface area contributed by atoms with Gasteiger partial charge < -0.3 is 24.1 Å². The Labute approximate surface area is 263 Å². The summed E-state index contributed by atoms with van der Waals surface area (Å²) in [5, 5.41) is 7.89. The molecule has 1 heterocycles. The van der Waals surface area contributed by atoms with Crippen molar-refractivity contribution in [2.75, 3.05) is 26.9 Å². The molecule has 1 saturated heterocycles. The Kier molecular flexibility index (Phi) is 29.0. The number of rotatable bonds is 13. The number of hydrogen-bond donors (Lipinski definition) is 1. The molecule has 9 heteroatoms. The third kappa shape index (κ3) is 30.7. The standard InChI is InChI=1S/C11H20O2.C8H8.C7H10O3.C5H8O2.C4H6O2/c1-4-7-8-10(5-2)9-13-11(12)6-3;1-2-8-6-4-3-5-7-8;1-5(2)7(8)10-4-6-3-9-6;1-4(2)5(6)7-3;1-3(2)4(5)6/h6,10H,3-5,7-9H2,1-2H3;2-7H,1H2;6H,1,3-4H2,2H3;1H2,2-3H3;1H2,2H3,(H,5,6). The van der Waals surface area contributed by atoms with Gasteiger partial charge in [-0.15, -0.1) is 0 Å². The summed E-state index contributed by atoms with van der Waals surface area (Å²) in [7, 11) is 1.33. The van der Waals surface area contributed by atoms with Gasteiger partial charge >= 0.3 is 23.9 Å². The molecule has 246 valence electrons. The molecule has 1 aliphatic rings. The Bertz CT molecular complexity index is 1030. The van der Waals surface area contributed by atoms with Gasteiger partial charge in [-0.25, -0.2) is 19.2 Å². The first-order valence-corrected chi connectivity index (χ1v) is 14.2. The van der Waals surface area contributed by atoms with Crippen LogP contribution in [0.25, 0.3) is 6.08 Å². The van der Waals surface area contributed by atoms with E-state index in [2.05, 4.69) is 51.5 Å². The maximum atomic E-state index is 10.8. The molecule has 1 aliphatic heterocycles. The molecule has 1 aromatic rings. The first kappa shape index (κ1) is 44.2. The van der Waals surface area contributed by atoms with Crippen molar-refractivity contribution in [3.8, 4) is 0 Å². The molecule has 1 fully saturated rings. The van der Waals surface area contributed by atoms with E-state index in [0.29, 0.717) is 36.9 Å². The smallest absolute Gasteiger partial charge is 0.333 e. The van der Waals surface area contributed by atoms with E-state index in [9.17, 15) is 19.2 Å². The number of benzene rings is 1. The average Bonchev–Trinajstić information content (AvgIpc) is 3.85. The number of carbonyl (C=O) groups excluding carboxylic acids is 3. The molecule has 0 aromatic heterocycles. The quantitative estimate of drug-likeness (QED) is 0.106. The van der Waals surface area contributed by atoms with Gasteiger partial charge in [0.1, 0.15) is 12.7 Å². The number of ether oxygens (including phenoxy) is 4. The first-order valence-electron chi connectivity index (χ1n) is 14.2. The number of carboxylic acids is 1. The van der Waals surface area contributed by atoms with E-state index in [4.69, 9.17) is 19.3 Å². The number of carbonyl (C=O) groups is 4. The lowest BCUT2D eigenvalue weighted by atomic mass is 10.0. The van der Waals surface area contributed by atoms with Crippen molar-refractivity contribution >= 4 is 30.0 Å². The highest BCUT2D eigenvalue weighted by molar-refractivity contribution is 5.87. The van der Waals surface area contributed by atoms with Crippen molar-refractivity contribution in [1.82, 2.24) is 0 Å². The third-order valence-corrected chi connectivity index (χ3v) is 5.26. The molecule has 0 spiro atoms. The summed E-state index contributed by atoms with van der Waals surface area (Å²) < 4.78 is 18.9. The second kappa shape index (κ2) is 28.9. The van der Waals surface area contributed by atoms with E-state index >= 15 is 0 Å². The molecule has 9 nitrogen and oxygen atoms in total. The molecule has 0 saturated carbocycles. The maximum absolute atomic E-state index is 10.8. The van der Waals surface area contributed by atoms with Gasteiger partial charge in [-0.2, -0.15) is 0 Å². The van der Waals surface area contributed by atoms with Crippen molar-refractivity contribution in [2.45, 2.75) is 66.4 Å². The summed E-state index contributed by atoms with van der Waals surface area (Å²) in [6.07, 6.45) is 7.83. The van der Waals surface area contributed by atoms with Crippen LogP contribution in [-0.4, -0.2) is 62.0 Å². The van der Waals surface area contributed by atoms with Crippen LogP contribution in [0.15, 0.2) is 86.0 Å². The highest BCUT2D eigenvalue weighted by atomic mass is 16.6. The molecule has 2 rings (SSSR count). The highest BCUT2D eigenvalue weighted by Crippen LogP contribution is 2.12. The molecule has 1 aromatic carbocycles. The fraction of sp³-hybridized carbons (Fsp3) is 0.429. The molecule has 44 heavy (non-hydrogen) atoms. The molecule has 0 bridgehead atoms. The molecule has 1 N–H and O–H groups in total. The first-order chi connectivity index (χ1) is 20.7. The van der Waals surface area contributed by atoms with Crippen LogP contribution in [-0.2, 0) is 38.1 Å². The predicted molar refractivity (Wildman–Crippen MR) is 176 cm³/mol. The van der Waals surface area contributed by atoms with Crippen molar-refractivity contribution in [3.05, 3.63) is 91.6 Å². The Balaban J connectivity index is -0.000000491. The second-order valence-corrected chi connectivity index (χ2v) is 9.56. The van der Waals surface area contributed by atoms with Crippen LogP contribution >= 0.6 is 0 Å². The minimum Gasteiger partial charge on any atom is -0.478 e. The van der Waals surface area contributed by atoms with Gasteiger partial charge in [-0.3, -0.25) is 0 Å². The van der Waals surface area contributed by atoms with E-state index in [0.717, 1.165) is 12.8 Å². The van der Waals surface area contributed by atoms with Crippen molar-refractivity contribution in [2.24, 2.45) is 5.92 Å².